The molecule has 722 valence electrons. The van der Waals surface area contributed by atoms with E-state index in [9.17, 15) is 19.2 Å². The Morgan fingerprint density at radius 3 is 0.500 bits per heavy atom. The highest BCUT2D eigenvalue weighted by Crippen LogP contribution is 2.39. The van der Waals surface area contributed by atoms with E-state index in [0.717, 1.165) is 22.3 Å². The number of nitrogens with one attached hydrogen (secondary N) is 6. The fourth-order valence-electron chi connectivity index (χ4n) is 13.2. The normalized spacial score (nSPS) is 11.8. The van der Waals surface area contributed by atoms with Crippen LogP contribution in [0.1, 0.15) is 64.2 Å². The molecule has 7 aromatic rings. The molecule has 0 radical (unpaired) electrons. The van der Waals surface area contributed by atoms with Crippen LogP contribution in [0.15, 0.2) is 121 Å². The molecule has 0 fully saturated rings. The van der Waals surface area contributed by atoms with E-state index in [1.165, 1.54) is 0 Å². The van der Waals surface area contributed by atoms with Crippen molar-refractivity contribution in [2.75, 3.05) is 317 Å². The summed E-state index contributed by atoms with van der Waals surface area (Å²) in [5.74, 6) is -1.14. The minimum atomic E-state index is -0.285. The molecular weight excluding hydrogens is 1710 g/mol. The van der Waals surface area contributed by atoms with Gasteiger partial charge in [0.05, 0.1) is 287 Å². The van der Waals surface area contributed by atoms with E-state index >= 15 is 0 Å². The fraction of sp³-hybridized carbons (Fsp3) is 0.500. The number of hydrogen-bond acceptors (Lipinski definition) is 30. The number of carbonyl (C=O) groups is 4. The summed E-state index contributed by atoms with van der Waals surface area (Å²) >= 11 is 0. The van der Waals surface area contributed by atoms with Crippen molar-refractivity contribution in [2.24, 2.45) is 22.9 Å². The minimum absolute atomic E-state index is 0.261. The Kier molecular flexibility index (Phi) is 53.6. The van der Waals surface area contributed by atoms with Crippen LogP contribution < -0.4 is 44.2 Å². The van der Waals surface area contributed by atoms with Gasteiger partial charge < -0.3 is 149 Å². The molecule has 2 aliphatic rings. The van der Waals surface area contributed by atoms with Crippen LogP contribution in [0.4, 0.5) is 0 Å². The second-order valence-electron chi connectivity index (χ2n) is 29.2. The smallest absolute Gasteiger partial charge is 0.251 e. The lowest BCUT2D eigenvalue weighted by atomic mass is 10.0. The lowest BCUT2D eigenvalue weighted by Gasteiger charge is -2.10. The van der Waals surface area contributed by atoms with Crippen molar-refractivity contribution in [3.05, 3.63) is 166 Å². The van der Waals surface area contributed by atoms with Crippen LogP contribution in [-0.4, -0.2) is 360 Å². The first-order valence-corrected chi connectivity index (χ1v) is 45.2. The number of fused-ring (bicyclic) bond motifs is 8. The molecule has 9 rings (SSSR count). The van der Waals surface area contributed by atoms with Gasteiger partial charge in [0.15, 0.2) is 0 Å². The van der Waals surface area contributed by atoms with E-state index in [1.54, 1.807) is 48.5 Å². The number of ether oxygens (including phenoxy) is 20. The van der Waals surface area contributed by atoms with E-state index in [-0.39, 0.29) is 76.2 Å². The number of aromatic amines is 2. The molecule has 132 heavy (non-hydrogen) atoms. The van der Waals surface area contributed by atoms with Gasteiger partial charge in [-0.15, -0.1) is 0 Å². The zero-order valence-corrected chi connectivity index (χ0v) is 75.8. The molecule has 8 bridgehead atoms. The molecule has 0 saturated heterocycles. The number of H-pyrrole nitrogens is 2. The van der Waals surface area contributed by atoms with Crippen molar-refractivity contribution < 1.29 is 114 Å². The van der Waals surface area contributed by atoms with Gasteiger partial charge in [-0.3, -0.25) is 19.2 Å². The third-order valence-electron chi connectivity index (χ3n) is 19.6. The lowest BCUT2D eigenvalue weighted by molar-refractivity contribution is -0.0102. The SMILES string of the molecule is NCCOCCOCCOCCOCCOCCNC(=O)c1ccc(-c2c3nc(c(-c4ccc(C(=O)NCCOCCOCCOCCOCCOCCN)cc4)c4ccc([nH]4)c(-c4ccc(C(=O)NCCOCCOCCOCCOCCOCCN)cc4)c4nc(c(-c5ccc(C(=O)NCCOCCOCCOCCOCCOCCN)cc5)c5ccc2[nH]5)C=C4)C=C3)cc1. The molecule has 14 N–H and O–H groups in total. The topological polar surface area (TPSA) is 462 Å². The van der Waals surface area contributed by atoms with E-state index in [1.807, 2.05) is 97.1 Å². The highest BCUT2D eigenvalue weighted by atomic mass is 16.6. The van der Waals surface area contributed by atoms with Crippen LogP contribution in [0, 0.1) is 0 Å². The van der Waals surface area contributed by atoms with Gasteiger partial charge in [-0.05, 0) is 119 Å². The lowest BCUT2D eigenvalue weighted by Crippen LogP contribution is -2.27. The van der Waals surface area contributed by atoms with Crippen molar-refractivity contribution in [2.45, 2.75) is 0 Å². The number of rotatable bonds is 76. The molecular formula is C96H134N12O24. The standard InChI is InChI=1S/C96H134N12O24/c97-25-33-113-41-49-121-57-65-129-69-61-125-53-45-117-37-29-101-93(109)77-9-1-73(2-10-77)89-81-17-19-83(105-81)90(74-3-11-78(12-4-74)94(110)102-30-38-118-46-54-126-62-70-130-66-58-122-50-42-114-34-26-98)85-21-23-87(107-85)92(76-7-15-80(16-8-76)96(112)104-32-40-120-48-56-128-64-72-132-68-60-124-52-44-116-36-28-100)88-24-22-86(108-88)91(84-20-18-82(89)106-84)75-5-13-79(14-6-75)95(111)103-31-39-119-47-55-127-63-71-131-67-59-123-51-43-115-35-27-99/h1-24,105,108H,25-72,97-100H2,(H,101,109)(H,102,110)(H,103,111)(H,104,112). The number of aromatic nitrogens is 4. The first kappa shape index (κ1) is 106. The molecule has 36 heteroatoms. The maximum Gasteiger partial charge on any atom is 0.251 e. The Balaban J connectivity index is 0.951. The fourth-order valence-corrected chi connectivity index (χ4v) is 13.2. The predicted molar refractivity (Wildman–Crippen MR) is 503 cm³/mol. The molecule has 0 aliphatic carbocycles. The summed E-state index contributed by atoms with van der Waals surface area (Å²) in [7, 11) is 0. The van der Waals surface area contributed by atoms with E-state index in [0.29, 0.717) is 353 Å². The van der Waals surface area contributed by atoms with Crippen molar-refractivity contribution in [1.82, 2.24) is 41.2 Å². The Hall–Kier alpha value is -9.60. The van der Waals surface area contributed by atoms with Gasteiger partial charge >= 0.3 is 0 Å². The number of nitrogens with zero attached hydrogens (tertiary/aromatic N) is 2. The van der Waals surface area contributed by atoms with Crippen molar-refractivity contribution in [3.8, 4) is 44.5 Å². The van der Waals surface area contributed by atoms with Gasteiger partial charge in [0, 0.05) is 119 Å². The zero-order valence-electron chi connectivity index (χ0n) is 75.8. The monoisotopic (exact) mass is 1840 g/mol. The van der Waals surface area contributed by atoms with Crippen LogP contribution in [0.3, 0.4) is 0 Å². The van der Waals surface area contributed by atoms with Crippen molar-refractivity contribution in [1.29, 1.82) is 0 Å². The predicted octanol–water partition coefficient (Wildman–Crippen LogP) is 6.41. The number of amides is 4. The summed E-state index contributed by atoms with van der Waals surface area (Å²) in [6.45, 7) is 19.4. The minimum Gasteiger partial charge on any atom is -0.378 e. The van der Waals surface area contributed by atoms with Crippen LogP contribution in [0.25, 0.3) is 90.9 Å². The zero-order chi connectivity index (χ0) is 92.6. The number of benzene rings is 4. The summed E-state index contributed by atoms with van der Waals surface area (Å²) in [6, 6.07) is 37.4. The Bertz CT molecular complexity index is 4060. The van der Waals surface area contributed by atoms with Crippen LogP contribution in [0.5, 0.6) is 0 Å². The third-order valence-corrected chi connectivity index (χ3v) is 19.6. The molecule has 0 atom stereocenters. The maximum absolute atomic E-state index is 13.8. The van der Waals surface area contributed by atoms with Gasteiger partial charge in [0.2, 0.25) is 0 Å². The molecule has 0 spiro atoms. The number of carbonyl (C=O) groups excluding carboxylic acids is 4. The summed E-state index contributed by atoms with van der Waals surface area (Å²) in [4.78, 5) is 73.9. The molecule has 0 unspecified atom stereocenters. The highest BCUT2D eigenvalue weighted by molar-refractivity contribution is 6.03. The van der Waals surface area contributed by atoms with Gasteiger partial charge in [0.1, 0.15) is 0 Å². The second kappa shape index (κ2) is 66.7. The summed E-state index contributed by atoms with van der Waals surface area (Å²) in [5.41, 5.74) is 34.5. The molecule has 36 nitrogen and oxygen atoms in total. The Morgan fingerprint density at radius 2 is 0.348 bits per heavy atom. The highest BCUT2D eigenvalue weighted by Gasteiger charge is 2.22. The van der Waals surface area contributed by atoms with Crippen LogP contribution >= 0.6 is 0 Å². The van der Waals surface area contributed by atoms with Crippen molar-refractivity contribution in [3.63, 3.8) is 0 Å². The van der Waals surface area contributed by atoms with Gasteiger partial charge in [-0.1, -0.05) is 48.5 Å². The molecule has 4 amide bonds. The van der Waals surface area contributed by atoms with Gasteiger partial charge in [0.25, 0.3) is 23.6 Å². The summed E-state index contributed by atoms with van der Waals surface area (Å²) in [5, 5.41) is 11.9. The average molecular weight is 1840 g/mol. The molecule has 3 aromatic heterocycles. The van der Waals surface area contributed by atoms with Crippen LogP contribution in [0.2, 0.25) is 0 Å². The Labute approximate surface area is 771 Å². The molecule has 5 heterocycles. The Morgan fingerprint density at radius 1 is 0.205 bits per heavy atom. The van der Waals surface area contributed by atoms with E-state index < -0.39 is 0 Å². The third kappa shape index (κ3) is 40.3. The van der Waals surface area contributed by atoms with Crippen molar-refractivity contribution >= 4 is 70.0 Å². The van der Waals surface area contributed by atoms with E-state index in [4.69, 9.17) is 128 Å². The molecule has 4 aromatic carbocycles. The maximum atomic E-state index is 13.8. The van der Waals surface area contributed by atoms with Gasteiger partial charge in [-0.25, -0.2) is 9.97 Å². The molecule has 0 saturated carbocycles. The largest absolute Gasteiger partial charge is 0.378 e. The van der Waals surface area contributed by atoms with Gasteiger partial charge in [-0.2, -0.15) is 0 Å². The first-order valence-electron chi connectivity index (χ1n) is 45.2. The summed E-state index contributed by atoms with van der Waals surface area (Å²) < 4.78 is 111. The average Bonchev–Trinajstić information content (AvgIpc) is 1.61. The number of nitrogens with two attached hydrogens (primary N) is 4. The van der Waals surface area contributed by atoms with Crippen LogP contribution in [-0.2, 0) is 94.7 Å². The van der Waals surface area contributed by atoms with E-state index in [2.05, 4.69) is 31.2 Å². The second-order valence-corrected chi connectivity index (χ2v) is 29.2. The quantitative estimate of drug-likeness (QED) is 0.0184. The summed E-state index contributed by atoms with van der Waals surface area (Å²) in [6.07, 6.45) is 7.85. The number of hydrogen-bond donors (Lipinski definition) is 10. The first-order chi connectivity index (χ1) is 65.2. The molecule has 2 aliphatic heterocycles.